The molecule has 29 heavy (non-hydrogen) atoms. The van der Waals surface area contributed by atoms with Gasteiger partial charge in [0.1, 0.15) is 0 Å². The molecular weight excluding hydrogens is 392 g/mol. The van der Waals surface area contributed by atoms with Gasteiger partial charge in [0.25, 0.3) is 5.91 Å². The molecule has 152 valence electrons. The van der Waals surface area contributed by atoms with Gasteiger partial charge in [-0.05, 0) is 50.1 Å². The number of anilines is 1. The number of aryl methyl sites for hydroxylation is 2. The number of nitrogens with zero attached hydrogens (tertiary/aromatic N) is 3. The van der Waals surface area contributed by atoms with E-state index in [-0.39, 0.29) is 18.3 Å². The number of aromatic nitrogens is 3. The maximum Gasteiger partial charge on any atom is 0.316 e. The number of amides is 1. The van der Waals surface area contributed by atoms with Crippen LogP contribution in [0.15, 0.2) is 46.2 Å². The molecule has 0 aliphatic carbocycles. The molecule has 1 N–H and O–H groups in total. The van der Waals surface area contributed by atoms with Gasteiger partial charge in [-0.25, -0.2) is 0 Å². The number of hydrogen-bond acceptors (Lipinski definition) is 7. The van der Waals surface area contributed by atoms with E-state index in [1.165, 1.54) is 11.8 Å². The number of rotatable bonds is 8. The molecule has 1 aromatic carbocycles. The normalized spacial score (nSPS) is 10.7. The molecule has 3 rings (SSSR count). The first kappa shape index (κ1) is 20.7. The monoisotopic (exact) mass is 414 g/mol. The number of benzene rings is 1. The lowest BCUT2D eigenvalue weighted by Gasteiger charge is -2.10. The standard InChI is InChI=1S/C20H22N4O4S/c1-4-24-19(16-6-5-9-27-16)22-23-20(24)29-12-18(26)28-11-17(25)21-15-10-13(2)7-8-14(15)3/h5-10H,4,11-12H2,1-3H3,(H,21,25). The van der Waals surface area contributed by atoms with Gasteiger partial charge in [0, 0.05) is 12.2 Å². The first-order chi connectivity index (χ1) is 14.0. The number of furan rings is 1. The van der Waals surface area contributed by atoms with Gasteiger partial charge in [0.15, 0.2) is 23.3 Å². The van der Waals surface area contributed by atoms with Crippen molar-refractivity contribution in [2.24, 2.45) is 0 Å². The van der Waals surface area contributed by atoms with E-state index in [1.54, 1.807) is 18.4 Å². The summed E-state index contributed by atoms with van der Waals surface area (Å²) in [5.41, 5.74) is 2.69. The third-order valence-electron chi connectivity index (χ3n) is 4.13. The van der Waals surface area contributed by atoms with Crippen molar-refractivity contribution in [1.82, 2.24) is 14.8 Å². The van der Waals surface area contributed by atoms with Gasteiger partial charge >= 0.3 is 5.97 Å². The van der Waals surface area contributed by atoms with Crippen LogP contribution in [0, 0.1) is 13.8 Å². The van der Waals surface area contributed by atoms with E-state index < -0.39 is 5.97 Å². The minimum Gasteiger partial charge on any atom is -0.461 e. The summed E-state index contributed by atoms with van der Waals surface area (Å²) in [5.74, 6) is 0.343. The number of thioether (sulfide) groups is 1. The molecule has 0 saturated carbocycles. The zero-order valence-corrected chi connectivity index (χ0v) is 17.3. The fraction of sp³-hybridized carbons (Fsp3) is 0.300. The average Bonchev–Trinajstić information content (AvgIpc) is 3.36. The van der Waals surface area contributed by atoms with E-state index in [1.807, 2.05) is 43.5 Å². The van der Waals surface area contributed by atoms with Crippen LogP contribution in [0.3, 0.4) is 0 Å². The van der Waals surface area contributed by atoms with Crippen molar-refractivity contribution in [3.8, 4) is 11.6 Å². The highest BCUT2D eigenvalue weighted by atomic mass is 32.2. The van der Waals surface area contributed by atoms with Crippen LogP contribution in [0.5, 0.6) is 0 Å². The van der Waals surface area contributed by atoms with Gasteiger partial charge < -0.3 is 14.5 Å². The van der Waals surface area contributed by atoms with Crippen LogP contribution in [0.25, 0.3) is 11.6 Å². The van der Waals surface area contributed by atoms with E-state index >= 15 is 0 Å². The maximum absolute atomic E-state index is 12.1. The van der Waals surface area contributed by atoms with Crippen molar-refractivity contribution in [2.45, 2.75) is 32.5 Å². The fourth-order valence-corrected chi connectivity index (χ4v) is 3.44. The Labute approximate surface area is 172 Å². The molecule has 0 bridgehead atoms. The van der Waals surface area contributed by atoms with Crippen LogP contribution in [-0.2, 0) is 20.9 Å². The lowest BCUT2D eigenvalue weighted by Crippen LogP contribution is -2.22. The molecule has 8 nitrogen and oxygen atoms in total. The molecule has 0 unspecified atom stereocenters. The second kappa shape index (κ2) is 9.42. The number of carbonyl (C=O) groups is 2. The van der Waals surface area contributed by atoms with Crippen molar-refractivity contribution in [1.29, 1.82) is 0 Å². The highest BCUT2D eigenvalue weighted by molar-refractivity contribution is 7.99. The fourth-order valence-electron chi connectivity index (χ4n) is 2.64. The minimum atomic E-state index is -0.503. The molecule has 0 fully saturated rings. The first-order valence-corrected chi connectivity index (χ1v) is 10.1. The number of nitrogens with one attached hydrogen (secondary N) is 1. The summed E-state index contributed by atoms with van der Waals surface area (Å²) in [5, 5.41) is 11.6. The number of carbonyl (C=O) groups excluding carboxylic acids is 2. The van der Waals surface area contributed by atoms with Crippen molar-refractivity contribution in [3.63, 3.8) is 0 Å². The first-order valence-electron chi connectivity index (χ1n) is 9.10. The summed E-state index contributed by atoms with van der Waals surface area (Å²) in [6.07, 6.45) is 1.57. The van der Waals surface area contributed by atoms with Crippen LogP contribution < -0.4 is 5.32 Å². The Hall–Kier alpha value is -3.07. The molecule has 0 aliphatic rings. The molecular formula is C20H22N4O4S. The Morgan fingerprint density at radius 1 is 1.24 bits per heavy atom. The largest absolute Gasteiger partial charge is 0.461 e. The Bertz CT molecular complexity index is 998. The number of hydrogen-bond donors (Lipinski definition) is 1. The predicted molar refractivity (Wildman–Crippen MR) is 110 cm³/mol. The summed E-state index contributed by atoms with van der Waals surface area (Å²) in [6.45, 7) is 6.08. The van der Waals surface area contributed by atoms with E-state index in [9.17, 15) is 9.59 Å². The number of esters is 1. The maximum atomic E-state index is 12.1. The van der Waals surface area contributed by atoms with Gasteiger partial charge in [0.05, 0.1) is 12.0 Å². The Kier molecular flexibility index (Phi) is 6.71. The quantitative estimate of drug-likeness (QED) is 0.445. The van der Waals surface area contributed by atoms with Gasteiger partial charge in [-0.3, -0.25) is 14.2 Å². The highest BCUT2D eigenvalue weighted by Gasteiger charge is 2.17. The van der Waals surface area contributed by atoms with Gasteiger partial charge in [-0.1, -0.05) is 23.9 Å². The minimum absolute atomic E-state index is 0.0209. The van der Waals surface area contributed by atoms with Crippen LogP contribution in [-0.4, -0.2) is 39.0 Å². The van der Waals surface area contributed by atoms with E-state index in [2.05, 4.69) is 15.5 Å². The molecule has 2 aromatic heterocycles. The van der Waals surface area contributed by atoms with Crippen LogP contribution in [0.1, 0.15) is 18.1 Å². The van der Waals surface area contributed by atoms with Crippen LogP contribution in [0.2, 0.25) is 0 Å². The topological polar surface area (TPSA) is 99.2 Å². The Balaban J connectivity index is 1.50. The summed E-state index contributed by atoms with van der Waals surface area (Å²) < 4.78 is 12.3. The third-order valence-corrected chi connectivity index (χ3v) is 5.07. The van der Waals surface area contributed by atoms with Gasteiger partial charge in [0.2, 0.25) is 0 Å². The smallest absolute Gasteiger partial charge is 0.316 e. The second-order valence-electron chi connectivity index (χ2n) is 6.34. The van der Waals surface area contributed by atoms with Crippen LogP contribution in [0.4, 0.5) is 5.69 Å². The molecule has 0 atom stereocenters. The van der Waals surface area contributed by atoms with Gasteiger partial charge in [-0.15, -0.1) is 10.2 Å². The zero-order valence-electron chi connectivity index (χ0n) is 16.5. The van der Waals surface area contributed by atoms with E-state index in [0.29, 0.717) is 29.0 Å². The number of ether oxygens (including phenoxy) is 1. The molecule has 3 aromatic rings. The van der Waals surface area contributed by atoms with Crippen molar-refractivity contribution < 1.29 is 18.7 Å². The van der Waals surface area contributed by atoms with Crippen LogP contribution >= 0.6 is 11.8 Å². The van der Waals surface area contributed by atoms with E-state index in [0.717, 1.165) is 11.1 Å². The molecule has 9 heteroatoms. The Morgan fingerprint density at radius 2 is 2.07 bits per heavy atom. The molecule has 0 aliphatic heterocycles. The van der Waals surface area contributed by atoms with Crippen molar-refractivity contribution in [3.05, 3.63) is 47.7 Å². The van der Waals surface area contributed by atoms with Gasteiger partial charge in [-0.2, -0.15) is 0 Å². The molecule has 2 heterocycles. The third kappa shape index (κ3) is 5.26. The summed E-state index contributed by atoms with van der Waals surface area (Å²) >= 11 is 1.20. The van der Waals surface area contributed by atoms with Crippen molar-refractivity contribution >= 4 is 29.3 Å². The SMILES string of the molecule is CCn1c(SCC(=O)OCC(=O)Nc2cc(C)ccc2C)nnc1-c1ccco1. The molecule has 0 radical (unpaired) electrons. The second-order valence-corrected chi connectivity index (χ2v) is 7.29. The lowest BCUT2D eigenvalue weighted by atomic mass is 10.1. The molecule has 0 spiro atoms. The summed E-state index contributed by atoms with van der Waals surface area (Å²) in [6, 6.07) is 9.34. The predicted octanol–water partition coefficient (Wildman–Crippen LogP) is 3.45. The summed E-state index contributed by atoms with van der Waals surface area (Å²) in [7, 11) is 0. The summed E-state index contributed by atoms with van der Waals surface area (Å²) in [4.78, 5) is 24.1. The molecule has 0 saturated heterocycles. The zero-order chi connectivity index (χ0) is 20.8. The highest BCUT2D eigenvalue weighted by Crippen LogP contribution is 2.24. The average molecular weight is 414 g/mol. The van der Waals surface area contributed by atoms with E-state index in [4.69, 9.17) is 9.15 Å². The lowest BCUT2D eigenvalue weighted by molar-refractivity contribution is -0.144. The van der Waals surface area contributed by atoms with Crippen molar-refractivity contribution in [2.75, 3.05) is 17.7 Å². The molecule has 1 amide bonds. The Morgan fingerprint density at radius 3 is 2.79 bits per heavy atom.